The van der Waals surface area contributed by atoms with Gasteiger partial charge in [0.2, 0.25) is 0 Å². The topological polar surface area (TPSA) is 39.1 Å². The predicted molar refractivity (Wildman–Crippen MR) is 70.3 cm³/mol. The third-order valence-corrected chi connectivity index (χ3v) is 3.49. The number of methoxy groups -OCH3 is 1. The lowest BCUT2D eigenvalue weighted by atomic mass is 10.1. The molecule has 0 spiro atoms. The van der Waals surface area contributed by atoms with Crippen LogP contribution in [0.3, 0.4) is 0 Å². The SMILES string of the molecule is COc1ccccc1-n1cncc1C1CCNC1. The maximum Gasteiger partial charge on any atom is 0.142 e. The van der Waals surface area contributed by atoms with Crippen LogP contribution in [-0.2, 0) is 0 Å². The molecule has 1 aliphatic rings. The van der Waals surface area contributed by atoms with E-state index in [2.05, 4.69) is 20.9 Å². The number of rotatable bonds is 3. The van der Waals surface area contributed by atoms with Gasteiger partial charge in [-0.05, 0) is 25.1 Å². The highest BCUT2D eigenvalue weighted by Crippen LogP contribution is 2.28. The monoisotopic (exact) mass is 243 g/mol. The molecule has 1 saturated heterocycles. The largest absolute Gasteiger partial charge is 0.495 e. The minimum atomic E-state index is 0.539. The molecule has 0 aliphatic carbocycles. The van der Waals surface area contributed by atoms with E-state index in [4.69, 9.17) is 4.74 Å². The average molecular weight is 243 g/mol. The number of benzene rings is 1. The number of hydrogen-bond acceptors (Lipinski definition) is 3. The molecule has 4 heteroatoms. The Labute approximate surface area is 107 Å². The Morgan fingerprint density at radius 1 is 1.39 bits per heavy atom. The summed E-state index contributed by atoms with van der Waals surface area (Å²) < 4.78 is 7.56. The predicted octanol–water partition coefficient (Wildman–Crippen LogP) is 1.96. The highest BCUT2D eigenvalue weighted by molar-refractivity contribution is 5.47. The van der Waals surface area contributed by atoms with Gasteiger partial charge < -0.3 is 10.1 Å². The van der Waals surface area contributed by atoms with Crippen molar-refractivity contribution >= 4 is 0 Å². The molecule has 0 radical (unpaired) electrons. The third kappa shape index (κ3) is 1.88. The zero-order valence-electron chi connectivity index (χ0n) is 10.5. The van der Waals surface area contributed by atoms with Gasteiger partial charge in [0.15, 0.2) is 0 Å². The van der Waals surface area contributed by atoms with Gasteiger partial charge in [-0.2, -0.15) is 0 Å². The number of aromatic nitrogens is 2. The van der Waals surface area contributed by atoms with Crippen LogP contribution in [0.5, 0.6) is 5.75 Å². The highest BCUT2D eigenvalue weighted by atomic mass is 16.5. The molecule has 2 aromatic rings. The number of para-hydroxylation sites is 2. The maximum atomic E-state index is 5.42. The molecule has 1 aromatic carbocycles. The Morgan fingerprint density at radius 3 is 3.06 bits per heavy atom. The van der Waals surface area contributed by atoms with E-state index in [9.17, 15) is 0 Å². The smallest absolute Gasteiger partial charge is 0.142 e. The van der Waals surface area contributed by atoms with Crippen LogP contribution in [-0.4, -0.2) is 29.8 Å². The average Bonchev–Trinajstić information content (AvgIpc) is 3.09. The Morgan fingerprint density at radius 2 is 2.28 bits per heavy atom. The van der Waals surface area contributed by atoms with Gasteiger partial charge >= 0.3 is 0 Å². The van der Waals surface area contributed by atoms with Crippen LogP contribution in [0.25, 0.3) is 5.69 Å². The van der Waals surface area contributed by atoms with Gasteiger partial charge in [-0.1, -0.05) is 12.1 Å². The van der Waals surface area contributed by atoms with E-state index in [-0.39, 0.29) is 0 Å². The minimum Gasteiger partial charge on any atom is -0.495 e. The molecule has 1 unspecified atom stereocenters. The van der Waals surface area contributed by atoms with E-state index < -0.39 is 0 Å². The number of nitrogens with one attached hydrogen (secondary N) is 1. The van der Waals surface area contributed by atoms with Crippen LogP contribution in [0.4, 0.5) is 0 Å². The summed E-state index contributed by atoms with van der Waals surface area (Å²) in [5.74, 6) is 1.42. The lowest BCUT2D eigenvalue weighted by Gasteiger charge is -2.15. The van der Waals surface area contributed by atoms with Gasteiger partial charge in [-0.15, -0.1) is 0 Å². The van der Waals surface area contributed by atoms with Crippen molar-refractivity contribution in [2.24, 2.45) is 0 Å². The Kier molecular flexibility index (Phi) is 3.02. The first-order chi connectivity index (χ1) is 8.90. The number of hydrogen-bond donors (Lipinski definition) is 1. The number of imidazole rings is 1. The molecule has 18 heavy (non-hydrogen) atoms. The molecule has 4 nitrogen and oxygen atoms in total. The van der Waals surface area contributed by atoms with Crippen molar-refractivity contribution in [3.8, 4) is 11.4 Å². The molecule has 2 heterocycles. The van der Waals surface area contributed by atoms with Crippen LogP contribution in [0, 0.1) is 0 Å². The number of ether oxygens (including phenoxy) is 1. The fraction of sp³-hybridized carbons (Fsp3) is 0.357. The van der Waals surface area contributed by atoms with Crippen molar-refractivity contribution in [1.82, 2.24) is 14.9 Å². The van der Waals surface area contributed by atoms with Crippen molar-refractivity contribution < 1.29 is 4.74 Å². The second-order valence-corrected chi connectivity index (χ2v) is 4.55. The van der Waals surface area contributed by atoms with Crippen LogP contribution >= 0.6 is 0 Å². The number of nitrogens with zero attached hydrogens (tertiary/aromatic N) is 2. The van der Waals surface area contributed by atoms with E-state index in [1.54, 1.807) is 7.11 Å². The van der Waals surface area contributed by atoms with Crippen molar-refractivity contribution in [2.45, 2.75) is 12.3 Å². The van der Waals surface area contributed by atoms with Crippen molar-refractivity contribution in [3.63, 3.8) is 0 Å². The van der Waals surface area contributed by atoms with Gasteiger partial charge in [0.25, 0.3) is 0 Å². The Bertz CT molecular complexity index is 529. The lowest BCUT2D eigenvalue weighted by Crippen LogP contribution is -2.11. The molecule has 1 atom stereocenters. The Hall–Kier alpha value is -1.81. The van der Waals surface area contributed by atoms with E-state index in [1.807, 2.05) is 30.7 Å². The van der Waals surface area contributed by atoms with Gasteiger partial charge in [-0.25, -0.2) is 4.98 Å². The van der Waals surface area contributed by atoms with E-state index in [0.29, 0.717) is 5.92 Å². The minimum absolute atomic E-state index is 0.539. The molecular weight excluding hydrogens is 226 g/mol. The van der Waals surface area contributed by atoms with Gasteiger partial charge in [-0.3, -0.25) is 4.57 Å². The summed E-state index contributed by atoms with van der Waals surface area (Å²) in [6.45, 7) is 2.11. The fourth-order valence-electron chi connectivity index (χ4n) is 2.54. The fourth-order valence-corrected chi connectivity index (χ4v) is 2.54. The first-order valence-electron chi connectivity index (χ1n) is 6.26. The summed E-state index contributed by atoms with van der Waals surface area (Å²) >= 11 is 0. The molecular formula is C14H17N3O. The normalized spacial score (nSPS) is 19.1. The molecule has 94 valence electrons. The summed E-state index contributed by atoms with van der Waals surface area (Å²) in [5.41, 5.74) is 2.31. The molecule has 1 aromatic heterocycles. The first-order valence-corrected chi connectivity index (χ1v) is 6.26. The molecule has 1 N–H and O–H groups in total. The second kappa shape index (κ2) is 4.82. The molecule has 0 bridgehead atoms. The molecule has 0 saturated carbocycles. The molecule has 0 amide bonds. The van der Waals surface area contributed by atoms with E-state index >= 15 is 0 Å². The summed E-state index contributed by atoms with van der Waals surface area (Å²) in [6, 6.07) is 8.04. The van der Waals surface area contributed by atoms with Crippen molar-refractivity contribution in [3.05, 3.63) is 42.5 Å². The standard InChI is InChI=1S/C14H17N3O/c1-18-14-5-3-2-4-12(14)17-10-16-9-13(17)11-6-7-15-8-11/h2-5,9-11,15H,6-8H2,1H3. The van der Waals surface area contributed by atoms with Crippen LogP contribution in [0.15, 0.2) is 36.8 Å². The van der Waals surface area contributed by atoms with Crippen LogP contribution in [0.2, 0.25) is 0 Å². The zero-order valence-corrected chi connectivity index (χ0v) is 10.5. The third-order valence-electron chi connectivity index (χ3n) is 3.49. The quantitative estimate of drug-likeness (QED) is 0.895. The van der Waals surface area contributed by atoms with E-state index in [1.165, 1.54) is 12.1 Å². The van der Waals surface area contributed by atoms with Gasteiger partial charge in [0.1, 0.15) is 5.75 Å². The Balaban J connectivity index is 2.03. The summed E-state index contributed by atoms with van der Waals surface area (Å²) in [4.78, 5) is 4.30. The first kappa shape index (κ1) is 11.3. The van der Waals surface area contributed by atoms with Crippen molar-refractivity contribution in [1.29, 1.82) is 0 Å². The maximum absolute atomic E-state index is 5.42. The summed E-state index contributed by atoms with van der Waals surface area (Å²) in [7, 11) is 1.70. The summed E-state index contributed by atoms with van der Waals surface area (Å²) in [6.07, 6.45) is 5.00. The second-order valence-electron chi connectivity index (χ2n) is 4.55. The molecule has 1 fully saturated rings. The molecule has 3 rings (SSSR count). The summed E-state index contributed by atoms with van der Waals surface area (Å²) in [5, 5.41) is 3.40. The van der Waals surface area contributed by atoms with Gasteiger partial charge in [0, 0.05) is 24.4 Å². The van der Waals surface area contributed by atoms with Crippen LogP contribution in [0.1, 0.15) is 18.0 Å². The lowest BCUT2D eigenvalue weighted by molar-refractivity contribution is 0.412. The van der Waals surface area contributed by atoms with Crippen molar-refractivity contribution in [2.75, 3.05) is 20.2 Å². The van der Waals surface area contributed by atoms with Gasteiger partial charge in [0.05, 0.1) is 19.1 Å². The van der Waals surface area contributed by atoms with E-state index in [0.717, 1.165) is 24.5 Å². The zero-order chi connectivity index (χ0) is 12.4. The molecule has 1 aliphatic heterocycles. The highest BCUT2D eigenvalue weighted by Gasteiger charge is 2.21. The van der Waals surface area contributed by atoms with Crippen LogP contribution < -0.4 is 10.1 Å².